The summed E-state index contributed by atoms with van der Waals surface area (Å²) < 4.78 is 10.9. The maximum Gasteiger partial charge on any atom is 0.278 e. The summed E-state index contributed by atoms with van der Waals surface area (Å²) in [4.78, 5) is 23.4. The topological polar surface area (TPSA) is 64.6 Å². The molecule has 1 aliphatic rings. The Hall–Kier alpha value is -2.15. The summed E-state index contributed by atoms with van der Waals surface area (Å²) in [6.07, 6.45) is 4.29. The summed E-state index contributed by atoms with van der Waals surface area (Å²) >= 11 is 1.60. The first-order valence-electron chi connectivity index (χ1n) is 7.08. The van der Waals surface area contributed by atoms with Gasteiger partial charge in [0.2, 0.25) is 5.91 Å². The molecule has 1 saturated heterocycles. The Morgan fingerprint density at radius 3 is 2.95 bits per heavy atom. The second-order valence-corrected chi connectivity index (χ2v) is 6.03. The van der Waals surface area contributed by atoms with Crippen molar-refractivity contribution in [3.05, 3.63) is 34.8 Å². The number of hydrogen-bond donors (Lipinski definition) is 0. The third-order valence-electron chi connectivity index (χ3n) is 3.51. The summed E-state index contributed by atoms with van der Waals surface area (Å²) in [7, 11) is 1.53. The summed E-state index contributed by atoms with van der Waals surface area (Å²) in [5.74, 6) is 0.882. The molecule has 3 rings (SSSR count). The van der Waals surface area contributed by atoms with E-state index in [0.29, 0.717) is 31.3 Å². The molecule has 22 heavy (non-hydrogen) atoms. The smallest absolute Gasteiger partial charge is 0.278 e. The molecule has 0 aromatic carbocycles. The van der Waals surface area contributed by atoms with Gasteiger partial charge in [-0.05, 0) is 11.4 Å². The first kappa shape index (κ1) is 14.8. The average Bonchev–Trinajstić information content (AvgIpc) is 3.19. The molecule has 0 spiro atoms. The number of nitrogens with zero attached hydrogens (tertiary/aromatic N) is 3. The number of hydrogen-bond acceptors (Lipinski definition) is 6. The van der Waals surface area contributed by atoms with Crippen molar-refractivity contribution >= 4 is 17.2 Å². The Labute approximate surface area is 132 Å². The van der Waals surface area contributed by atoms with E-state index in [2.05, 4.69) is 9.97 Å². The van der Waals surface area contributed by atoms with Crippen LogP contribution in [0.4, 0.5) is 0 Å². The maximum atomic E-state index is 12.3. The molecule has 2 aromatic rings. The van der Waals surface area contributed by atoms with Crippen LogP contribution in [0.25, 0.3) is 0 Å². The van der Waals surface area contributed by atoms with Crippen LogP contribution in [0.5, 0.6) is 11.8 Å². The molecule has 0 unspecified atom stereocenters. The van der Waals surface area contributed by atoms with Gasteiger partial charge in [-0.2, -0.15) is 0 Å². The number of carbonyl (C=O) groups is 1. The normalized spacial score (nSPS) is 17.5. The number of likely N-dealkylation sites (tertiary alicyclic amines) is 1. The van der Waals surface area contributed by atoms with Gasteiger partial charge in [-0.1, -0.05) is 6.07 Å². The summed E-state index contributed by atoms with van der Waals surface area (Å²) in [5.41, 5.74) is 0. The third-order valence-corrected chi connectivity index (χ3v) is 4.38. The van der Waals surface area contributed by atoms with Crippen LogP contribution >= 0.6 is 11.3 Å². The molecule has 7 heteroatoms. The van der Waals surface area contributed by atoms with E-state index in [4.69, 9.17) is 9.47 Å². The monoisotopic (exact) mass is 319 g/mol. The highest BCUT2D eigenvalue weighted by atomic mass is 32.1. The second-order valence-electron chi connectivity index (χ2n) is 5.00. The molecule has 1 amide bonds. The van der Waals surface area contributed by atoms with Crippen molar-refractivity contribution in [3.8, 4) is 11.8 Å². The molecule has 1 fully saturated rings. The van der Waals surface area contributed by atoms with Gasteiger partial charge in [0.1, 0.15) is 6.10 Å². The average molecular weight is 319 g/mol. The highest BCUT2D eigenvalue weighted by Gasteiger charge is 2.28. The Balaban J connectivity index is 1.57. The predicted molar refractivity (Wildman–Crippen MR) is 82.2 cm³/mol. The maximum absolute atomic E-state index is 12.3. The molecular weight excluding hydrogens is 302 g/mol. The van der Waals surface area contributed by atoms with E-state index in [-0.39, 0.29) is 12.0 Å². The van der Waals surface area contributed by atoms with Crippen LogP contribution in [0, 0.1) is 0 Å². The fraction of sp³-hybridized carbons (Fsp3) is 0.400. The van der Waals surface area contributed by atoms with E-state index >= 15 is 0 Å². The molecular formula is C15H17N3O3S. The quantitative estimate of drug-likeness (QED) is 0.840. The van der Waals surface area contributed by atoms with Crippen molar-refractivity contribution in [2.75, 3.05) is 20.2 Å². The molecule has 1 aliphatic heterocycles. The van der Waals surface area contributed by atoms with Crippen molar-refractivity contribution in [2.24, 2.45) is 0 Å². The van der Waals surface area contributed by atoms with Crippen LogP contribution in [0.1, 0.15) is 11.3 Å². The van der Waals surface area contributed by atoms with Gasteiger partial charge in [0.15, 0.2) is 0 Å². The van der Waals surface area contributed by atoms with Crippen molar-refractivity contribution in [1.29, 1.82) is 0 Å². The van der Waals surface area contributed by atoms with Gasteiger partial charge >= 0.3 is 0 Å². The standard InChI is InChI=1S/C15H17N3O3S/c1-20-14-15(17-6-5-16-14)21-11-4-7-18(10-11)13(19)9-12-3-2-8-22-12/h2-3,5-6,8,11H,4,7,9-10H2,1H3/t11-/m0/s1. The zero-order chi connectivity index (χ0) is 15.4. The zero-order valence-electron chi connectivity index (χ0n) is 12.3. The molecule has 0 saturated carbocycles. The van der Waals surface area contributed by atoms with E-state index in [9.17, 15) is 4.79 Å². The Morgan fingerprint density at radius 2 is 2.23 bits per heavy atom. The molecule has 0 N–H and O–H groups in total. The molecule has 0 aliphatic carbocycles. The summed E-state index contributed by atoms with van der Waals surface area (Å²) in [6, 6.07) is 3.95. The van der Waals surface area contributed by atoms with Crippen LogP contribution in [0.3, 0.4) is 0 Å². The predicted octanol–water partition coefficient (Wildman–Crippen LogP) is 1.77. The van der Waals surface area contributed by atoms with Crippen molar-refractivity contribution in [3.63, 3.8) is 0 Å². The number of amides is 1. The van der Waals surface area contributed by atoms with Gasteiger partial charge in [-0.25, -0.2) is 9.97 Å². The number of carbonyl (C=O) groups excluding carboxylic acids is 1. The van der Waals surface area contributed by atoms with E-state index in [1.165, 1.54) is 7.11 Å². The Morgan fingerprint density at radius 1 is 1.41 bits per heavy atom. The highest BCUT2D eigenvalue weighted by molar-refractivity contribution is 7.10. The molecule has 6 nitrogen and oxygen atoms in total. The van der Waals surface area contributed by atoms with Crippen LogP contribution in [-0.2, 0) is 11.2 Å². The van der Waals surface area contributed by atoms with Crippen molar-refractivity contribution in [1.82, 2.24) is 14.9 Å². The lowest BCUT2D eigenvalue weighted by molar-refractivity contribution is -0.129. The molecule has 116 valence electrons. The van der Waals surface area contributed by atoms with Crippen LogP contribution in [0.15, 0.2) is 29.9 Å². The lowest BCUT2D eigenvalue weighted by Gasteiger charge is -2.17. The first-order valence-corrected chi connectivity index (χ1v) is 7.96. The second kappa shape index (κ2) is 6.74. The van der Waals surface area contributed by atoms with Crippen molar-refractivity contribution in [2.45, 2.75) is 18.9 Å². The summed E-state index contributed by atoms with van der Waals surface area (Å²) in [6.45, 7) is 1.28. The van der Waals surface area contributed by atoms with E-state index in [0.717, 1.165) is 11.3 Å². The number of ether oxygens (including phenoxy) is 2. The van der Waals surface area contributed by atoms with E-state index in [1.807, 2.05) is 22.4 Å². The fourth-order valence-electron chi connectivity index (χ4n) is 2.42. The van der Waals surface area contributed by atoms with E-state index in [1.54, 1.807) is 23.7 Å². The SMILES string of the molecule is COc1nccnc1O[C@H]1CCN(C(=O)Cc2cccs2)C1. The van der Waals surface area contributed by atoms with Gasteiger partial charge in [0, 0.05) is 30.2 Å². The lowest BCUT2D eigenvalue weighted by Crippen LogP contribution is -2.32. The first-order chi connectivity index (χ1) is 10.8. The third kappa shape index (κ3) is 3.36. The van der Waals surface area contributed by atoms with Crippen LogP contribution in [-0.4, -0.2) is 47.1 Å². The molecule has 0 bridgehead atoms. The minimum atomic E-state index is -0.0714. The number of methoxy groups -OCH3 is 1. The van der Waals surface area contributed by atoms with Gasteiger partial charge in [-0.15, -0.1) is 11.3 Å². The van der Waals surface area contributed by atoms with Crippen LogP contribution < -0.4 is 9.47 Å². The Kier molecular flexibility index (Phi) is 4.53. The van der Waals surface area contributed by atoms with Gasteiger partial charge < -0.3 is 14.4 Å². The lowest BCUT2D eigenvalue weighted by atomic mass is 10.3. The molecule has 2 aromatic heterocycles. The molecule has 3 heterocycles. The highest BCUT2D eigenvalue weighted by Crippen LogP contribution is 2.24. The van der Waals surface area contributed by atoms with Gasteiger partial charge in [0.25, 0.3) is 11.8 Å². The Bertz CT molecular complexity index is 633. The van der Waals surface area contributed by atoms with Crippen LogP contribution in [0.2, 0.25) is 0 Å². The summed E-state index contributed by atoms with van der Waals surface area (Å²) in [5, 5.41) is 1.98. The largest absolute Gasteiger partial charge is 0.477 e. The van der Waals surface area contributed by atoms with Gasteiger partial charge in [0.05, 0.1) is 20.1 Å². The number of thiophene rings is 1. The minimum Gasteiger partial charge on any atom is -0.477 e. The van der Waals surface area contributed by atoms with Crippen molar-refractivity contribution < 1.29 is 14.3 Å². The van der Waals surface area contributed by atoms with Gasteiger partial charge in [-0.3, -0.25) is 4.79 Å². The molecule has 0 radical (unpaired) electrons. The number of rotatable bonds is 5. The molecule has 1 atom stereocenters. The zero-order valence-corrected chi connectivity index (χ0v) is 13.1. The van der Waals surface area contributed by atoms with E-state index < -0.39 is 0 Å². The number of aromatic nitrogens is 2. The minimum absolute atomic E-state index is 0.0714. The fourth-order valence-corrected chi connectivity index (χ4v) is 3.11.